The number of hydrogen-bond acceptors (Lipinski definition) is 4. The van der Waals surface area contributed by atoms with E-state index in [9.17, 15) is 0 Å². The lowest BCUT2D eigenvalue weighted by atomic mass is 9.96. The standard InChI is InChI=1S/C14H11ClN4/c15-9-10-6-7-12(11-4-2-1-3-5-11)13(8-10)14-16-18-19-17-14/h1-8,14H,9H2. The molecule has 0 saturated carbocycles. The third-order valence-corrected chi connectivity index (χ3v) is 3.30. The number of hydrogen-bond donors (Lipinski definition) is 0. The van der Waals surface area contributed by atoms with E-state index in [0.29, 0.717) is 5.88 Å². The Morgan fingerprint density at radius 3 is 2.37 bits per heavy atom. The molecule has 2 aromatic rings. The fourth-order valence-electron chi connectivity index (χ4n) is 2.08. The molecular weight excluding hydrogens is 260 g/mol. The van der Waals surface area contributed by atoms with Crippen molar-refractivity contribution in [1.29, 1.82) is 0 Å². The van der Waals surface area contributed by atoms with Crippen LogP contribution < -0.4 is 0 Å². The number of rotatable bonds is 3. The van der Waals surface area contributed by atoms with Crippen LogP contribution in [-0.2, 0) is 5.88 Å². The number of alkyl halides is 1. The van der Waals surface area contributed by atoms with Crippen molar-refractivity contribution in [1.82, 2.24) is 0 Å². The van der Waals surface area contributed by atoms with E-state index >= 15 is 0 Å². The molecule has 0 aliphatic carbocycles. The fourth-order valence-corrected chi connectivity index (χ4v) is 2.25. The molecule has 0 bridgehead atoms. The first kappa shape index (κ1) is 12.0. The van der Waals surface area contributed by atoms with Gasteiger partial charge in [0, 0.05) is 11.4 Å². The maximum atomic E-state index is 5.90. The van der Waals surface area contributed by atoms with Gasteiger partial charge in [-0.2, -0.15) is 0 Å². The highest BCUT2D eigenvalue weighted by atomic mass is 35.5. The Bertz CT molecular complexity index is 625. The molecule has 0 radical (unpaired) electrons. The van der Waals surface area contributed by atoms with Gasteiger partial charge in [-0.15, -0.1) is 21.8 Å². The third kappa shape index (κ3) is 2.39. The lowest BCUT2D eigenvalue weighted by Gasteiger charge is -2.12. The molecule has 0 fully saturated rings. The van der Waals surface area contributed by atoms with Crippen LogP contribution in [0, 0.1) is 0 Å². The Labute approximate surface area is 115 Å². The topological polar surface area (TPSA) is 49.4 Å². The molecule has 0 spiro atoms. The van der Waals surface area contributed by atoms with Crippen molar-refractivity contribution in [2.45, 2.75) is 12.0 Å². The molecule has 0 aromatic heterocycles. The Morgan fingerprint density at radius 2 is 1.68 bits per heavy atom. The van der Waals surface area contributed by atoms with Gasteiger partial charge in [0.2, 0.25) is 6.17 Å². The molecule has 1 aliphatic rings. The Balaban J connectivity index is 2.13. The van der Waals surface area contributed by atoms with E-state index in [1.807, 2.05) is 36.4 Å². The van der Waals surface area contributed by atoms with E-state index in [2.05, 4.69) is 32.8 Å². The summed E-state index contributed by atoms with van der Waals surface area (Å²) in [6.45, 7) is 0. The van der Waals surface area contributed by atoms with E-state index < -0.39 is 0 Å². The second-order valence-corrected chi connectivity index (χ2v) is 4.47. The van der Waals surface area contributed by atoms with Gasteiger partial charge in [-0.25, -0.2) is 0 Å². The van der Waals surface area contributed by atoms with Gasteiger partial charge in [-0.3, -0.25) is 0 Å². The summed E-state index contributed by atoms with van der Waals surface area (Å²) in [5, 5.41) is 15.2. The second kappa shape index (κ2) is 5.28. The number of halogens is 1. The molecule has 4 nitrogen and oxygen atoms in total. The molecule has 0 saturated heterocycles. The number of benzene rings is 2. The Kier molecular flexibility index (Phi) is 3.33. The normalized spacial score (nSPS) is 14.2. The van der Waals surface area contributed by atoms with Gasteiger partial charge < -0.3 is 0 Å². The minimum Gasteiger partial charge on any atom is -0.133 e. The van der Waals surface area contributed by atoms with Gasteiger partial charge in [0.05, 0.1) is 0 Å². The molecule has 1 aliphatic heterocycles. The second-order valence-electron chi connectivity index (χ2n) is 4.20. The summed E-state index contributed by atoms with van der Waals surface area (Å²) in [5.41, 5.74) is 4.22. The first-order valence-corrected chi connectivity index (χ1v) is 6.46. The molecule has 0 amide bonds. The van der Waals surface area contributed by atoms with Crippen LogP contribution in [0.4, 0.5) is 0 Å². The highest BCUT2D eigenvalue weighted by Gasteiger charge is 2.18. The first-order chi connectivity index (χ1) is 9.38. The molecule has 2 aromatic carbocycles. The minimum absolute atomic E-state index is 0.363. The summed E-state index contributed by atoms with van der Waals surface area (Å²) in [6.07, 6.45) is -0.363. The maximum Gasteiger partial charge on any atom is 0.211 e. The van der Waals surface area contributed by atoms with E-state index in [1.54, 1.807) is 0 Å². The van der Waals surface area contributed by atoms with Gasteiger partial charge in [-0.05, 0) is 33.2 Å². The predicted molar refractivity (Wildman–Crippen MR) is 73.9 cm³/mol. The number of nitrogens with zero attached hydrogens (tertiary/aromatic N) is 4. The molecular formula is C14H11ClN4. The first-order valence-electron chi connectivity index (χ1n) is 5.92. The van der Waals surface area contributed by atoms with Crippen molar-refractivity contribution in [3.8, 4) is 11.1 Å². The maximum absolute atomic E-state index is 5.90. The van der Waals surface area contributed by atoms with Crippen LogP contribution in [0.15, 0.2) is 69.2 Å². The zero-order valence-electron chi connectivity index (χ0n) is 10.1. The molecule has 19 heavy (non-hydrogen) atoms. The smallest absolute Gasteiger partial charge is 0.133 e. The van der Waals surface area contributed by atoms with Crippen LogP contribution in [0.1, 0.15) is 17.3 Å². The molecule has 94 valence electrons. The van der Waals surface area contributed by atoms with Gasteiger partial charge in [0.15, 0.2) is 0 Å². The van der Waals surface area contributed by atoms with Crippen LogP contribution in [0.3, 0.4) is 0 Å². The van der Waals surface area contributed by atoms with Crippen LogP contribution >= 0.6 is 11.6 Å². The average molecular weight is 271 g/mol. The van der Waals surface area contributed by atoms with Gasteiger partial charge in [-0.1, -0.05) is 42.5 Å². The summed E-state index contributed by atoms with van der Waals surface area (Å²) in [7, 11) is 0. The van der Waals surface area contributed by atoms with Gasteiger partial charge in [0.1, 0.15) is 0 Å². The van der Waals surface area contributed by atoms with Crippen molar-refractivity contribution in [2.24, 2.45) is 20.7 Å². The lowest BCUT2D eigenvalue weighted by Crippen LogP contribution is -1.95. The summed E-state index contributed by atoms with van der Waals surface area (Å²) in [6, 6.07) is 16.2. The summed E-state index contributed by atoms with van der Waals surface area (Å²) >= 11 is 5.90. The molecule has 0 N–H and O–H groups in total. The zero-order valence-corrected chi connectivity index (χ0v) is 10.8. The Morgan fingerprint density at radius 1 is 0.947 bits per heavy atom. The lowest BCUT2D eigenvalue weighted by molar-refractivity contribution is 0.765. The summed E-state index contributed by atoms with van der Waals surface area (Å²) in [4.78, 5) is 0. The highest BCUT2D eigenvalue weighted by molar-refractivity contribution is 6.17. The quantitative estimate of drug-likeness (QED) is 0.711. The monoisotopic (exact) mass is 270 g/mol. The highest BCUT2D eigenvalue weighted by Crippen LogP contribution is 2.34. The molecule has 3 rings (SSSR count). The van der Waals surface area contributed by atoms with E-state index in [-0.39, 0.29) is 6.17 Å². The third-order valence-electron chi connectivity index (χ3n) is 3.00. The van der Waals surface area contributed by atoms with Crippen LogP contribution in [-0.4, -0.2) is 0 Å². The molecule has 5 heteroatoms. The van der Waals surface area contributed by atoms with Crippen LogP contribution in [0.2, 0.25) is 0 Å². The average Bonchev–Trinajstić information content (AvgIpc) is 3.01. The summed E-state index contributed by atoms with van der Waals surface area (Å²) < 4.78 is 0. The van der Waals surface area contributed by atoms with Crippen molar-refractivity contribution >= 4 is 11.6 Å². The Hall–Kier alpha value is -2.07. The molecule has 0 atom stereocenters. The summed E-state index contributed by atoms with van der Waals surface area (Å²) in [5.74, 6) is 0.461. The molecule has 0 unspecified atom stereocenters. The van der Waals surface area contributed by atoms with E-state index in [4.69, 9.17) is 11.6 Å². The van der Waals surface area contributed by atoms with Crippen molar-refractivity contribution in [2.75, 3.05) is 0 Å². The van der Waals surface area contributed by atoms with Crippen LogP contribution in [0.5, 0.6) is 0 Å². The van der Waals surface area contributed by atoms with Gasteiger partial charge >= 0.3 is 0 Å². The van der Waals surface area contributed by atoms with Crippen molar-refractivity contribution in [3.63, 3.8) is 0 Å². The van der Waals surface area contributed by atoms with Crippen molar-refractivity contribution < 1.29 is 0 Å². The molecule has 1 heterocycles. The minimum atomic E-state index is -0.363. The predicted octanol–water partition coefficient (Wildman–Crippen LogP) is 4.92. The SMILES string of the molecule is ClCc1ccc(-c2ccccc2)c(C2N=NN=N2)c1. The largest absolute Gasteiger partial charge is 0.211 e. The van der Waals surface area contributed by atoms with Gasteiger partial charge in [0.25, 0.3) is 0 Å². The zero-order chi connectivity index (χ0) is 13.1. The fraction of sp³-hybridized carbons (Fsp3) is 0.143. The van der Waals surface area contributed by atoms with E-state index in [1.165, 1.54) is 0 Å². The van der Waals surface area contributed by atoms with E-state index in [0.717, 1.165) is 22.3 Å². The van der Waals surface area contributed by atoms with Crippen LogP contribution in [0.25, 0.3) is 11.1 Å². The van der Waals surface area contributed by atoms with Crippen molar-refractivity contribution in [3.05, 3.63) is 59.7 Å².